The summed E-state index contributed by atoms with van der Waals surface area (Å²) in [5, 5.41) is 9.40. The molecule has 0 amide bonds. The molecule has 78 valence electrons. The number of aliphatic hydroxyl groups is 1. The highest BCUT2D eigenvalue weighted by molar-refractivity contribution is 6.70. The highest BCUT2D eigenvalue weighted by atomic mass is 28.4. The van der Waals surface area contributed by atoms with E-state index >= 15 is 0 Å². The van der Waals surface area contributed by atoms with E-state index in [2.05, 4.69) is 19.6 Å². The second kappa shape index (κ2) is 4.15. The molecular weight excluding hydrogens is 192 g/mol. The molecule has 1 aromatic carbocycles. The van der Waals surface area contributed by atoms with Crippen molar-refractivity contribution in [1.29, 1.82) is 0 Å². The average molecular weight is 210 g/mol. The molecule has 3 heteroatoms. The molecule has 0 saturated carbocycles. The van der Waals surface area contributed by atoms with E-state index in [-0.39, 0.29) is 0 Å². The fourth-order valence-electron chi connectivity index (χ4n) is 1.19. The summed E-state index contributed by atoms with van der Waals surface area (Å²) in [6.07, 6.45) is -0.430. The molecule has 0 aliphatic heterocycles. The van der Waals surface area contributed by atoms with Gasteiger partial charge in [-0.2, -0.15) is 0 Å². The molecule has 1 aromatic rings. The maximum atomic E-state index is 9.40. The maximum absolute atomic E-state index is 9.40. The minimum absolute atomic E-state index is 0.430. The first-order valence-corrected chi connectivity index (χ1v) is 8.26. The van der Waals surface area contributed by atoms with Crippen molar-refractivity contribution in [3.05, 3.63) is 29.8 Å². The van der Waals surface area contributed by atoms with E-state index in [9.17, 15) is 5.11 Å². The van der Waals surface area contributed by atoms with Gasteiger partial charge in [0.2, 0.25) is 8.32 Å². The maximum Gasteiger partial charge on any atom is 0.242 e. The second-order valence-corrected chi connectivity index (χ2v) is 8.89. The number of rotatable bonds is 3. The molecule has 0 aliphatic carbocycles. The van der Waals surface area contributed by atoms with Gasteiger partial charge < -0.3 is 9.53 Å². The van der Waals surface area contributed by atoms with Crippen molar-refractivity contribution in [2.45, 2.75) is 32.7 Å². The predicted molar refractivity (Wildman–Crippen MR) is 61.0 cm³/mol. The third-order valence-electron chi connectivity index (χ3n) is 1.76. The van der Waals surface area contributed by atoms with Gasteiger partial charge in [-0.25, -0.2) is 0 Å². The normalized spacial score (nSPS) is 13.8. The van der Waals surface area contributed by atoms with Crippen molar-refractivity contribution in [2.24, 2.45) is 0 Å². The zero-order valence-corrected chi connectivity index (χ0v) is 10.2. The summed E-state index contributed by atoms with van der Waals surface area (Å²) in [5.41, 5.74) is 0.903. The molecule has 0 aromatic heterocycles. The van der Waals surface area contributed by atoms with Gasteiger partial charge in [-0.1, -0.05) is 12.1 Å². The molecule has 1 atom stereocenters. The van der Waals surface area contributed by atoms with E-state index < -0.39 is 14.4 Å². The molecule has 1 N–H and O–H groups in total. The first-order valence-electron chi connectivity index (χ1n) is 4.85. The summed E-state index contributed by atoms with van der Waals surface area (Å²) < 4.78 is 5.82. The summed E-state index contributed by atoms with van der Waals surface area (Å²) in [7, 11) is -1.54. The molecule has 0 bridgehead atoms. The smallest absolute Gasteiger partial charge is 0.242 e. The Balaban J connectivity index is 2.84. The molecule has 0 radical (unpaired) electrons. The fourth-order valence-corrected chi connectivity index (χ4v) is 2.03. The largest absolute Gasteiger partial charge is 0.544 e. The third kappa shape index (κ3) is 3.52. The van der Waals surface area contributed by atoms with Crippen LogP contribution in [0.25, 0.3) is 0 Å². The Morgan fingerprint density at radius 3 is 2.43 bits per heavy atom. The van der Waals surface area contributed by atoms with E-state index in [1.807, 2.05) is 24.3 Å². The Kier molecular flexibility index (Phi) is 3.34. The van der Waals surface area contributed by atoms with E-state index in [0.717, 1.165) is 11.3 Å². The summed E-state index contributed by atoms with van der Waals surface area (Å²) in [5.74, 6) is 0.863. The molecule has 0 saturated heterocycles. The van der Waals surface area contributed by atoms with Crippen LogP contribution in [0.5, 0.6) is 5.75 Å². The first kappa shape index (κ1) is 11.3. The van der Waals surface area contributed by atoms with E-state index in [4.69, 9.17) is 4.43 Å². The lowest BCUT2D eigenvalue weighted by Gasteiger charge is -2.19. The fraction of sp³-hybridized carbons (Fsp3) is 0.455. The van der Waals surface area contributed by atoms with Gasteiger partial charge in [0.15, 0.2) is 0 Å². The van der Waals surface area contributed by atoms with Crippen LogP contribution in [0.2, 0.25) is 19.6 Å². The molecule has 14 heavy (non-hydrogen) atoms. The van der Waals surface area contributed by atoms with Gasteiger partial charge in [0, 0.05) is 0 Å². The molecule has 0 unspecified atom stereocenters. The van der Waals surface area contributed by atoms with Gasteiger partial charge in [0.25, 0.3) is 0 Å². The minimum Gasteiger partial charge on any atom is -0.544 e. The van der Waals surface area contributed by atoms with Gasteiger partial charge in [-0.15, -0.1) is 0 Å². The quantitative estimate of drug-likeness (QED) is 0.777. The molecule has 0 fully saturated rings. The number of aliphatic hydroxyl groups excluding tert-OH is 1. The number of hydrogen-bond donors (Lipinski definition) is 1. The average Bonchev–Trinajstić information content (AvgIpc) is 2.01. The molecule has 0 heterocycles. The summed E-state index contributed by atoms with van der Waals surface area (Å²) >= 11 is 0. The second-order valence-electron chi connectivity index (χ2n) is 4.46. The Morgan fingerprint density at radius 1 is 1.29 bits per heavy atom. The molecule has 2 nitrogen and oxygen atoms in total. The van der Waals surface area contributed by atoms with Gasteiger partial charge in [0.1, 0.15) is 5.75 Å². The van der Waals surface area contributed by atoms with Crippen molar-refractivity contribution in [2.75, 3.05) is 0 Å². The topological polar surface area (TPSA) is 29.5 Å². The van der Waals surface area contributed by atoms with Gasteiger partial charge in [-0.05, 0) is 44.3 Å². The zero-order valence-electron chi connectivity index (χ0n) is 9.24. The third-order valence-corrected chi connectivity index (χ3v) is 2.61. The standard InChI is InChI=1S/C11H18O2Si/c1-9(12)10-6-5-7-11(8-10)13-14(2,3)4/h5-9,12H,1-4H3/t9-/m1/s1. The van der Waals surface area contributed by atoms with Crippen molar-refractivity contribution < 1.29 is 9.53 Å². The summed E-state index contributed by atoms with van der Waals surface area (Å²) in [6, 6.07) is 7.66. The van der Waals surface area contributed by atoms with Gasteiger partial charge in [0.05, 0.1) is 6.10 Å². The van der Waals surface area contributed by atoms with Gasteiger partial charge in [-0.3, -0.25) is 0 Å². The van der Waals surface area contributed by atoms with Crippen molar-refractivity contribution in [1.82, 2.24) is 0 Å². The van der Waals surface area contributed by atoms with Gasteiger partial charge >= 0.3 is 0 Å². The van der Waals surface area contributed by atoms with E-state index in [1.165, 1.54) is 0 Å². The van der Waals surface area contributed by atoms with Crippen molar-refractivity contribution >= 4 is 8.32 Å². The van der Waals surface area contributed by atoms with Crippen LogP contribution in [-0.4, -0.2) is 13.4 Å². The Labute approximate surface area is 86.7 Å². The lowest BCUT2D eigenvalue weighted by molar-refractivity contribution is 0.199. The Morgan fingerprint density at radius 2 is 1.93 bits per heavy atom. The summed E-state index contributed by atoms with van der Waals surface area (Å²) in [6.45, 7) is 8.18. The van der Waals surface area contributed by atoms with E-state index in [0.29, 0.717) is 0 Å². The molecule has 0 aliphatic rings. The SMILES string of the molecule is C[C@@H](O)c1cccc(O[Si](C)(C)C)c1. The lowest BCUT2D eigenvalue weighted by Crippen LogP contribution is -2.29. The van der Waals surface area contributed by atoms with Crippen LogP contribution >= 0.6 is 0 Å². The van der Waals surface area contributed by atoms with Crippen LogP contribution in [0.15, 0.2) is 24.3 Å². The summed E-state index contributed by atoms with van der Waals surface area (Å²) in [4.78, 5) is 0. The monoisotopic (exact) mass is 210 g/mol. The van der Waals surface area contributed by atoms with Crippen LogP contribution in [0, 0.1) is 0 Å². The van der Waals surface area contributed by atoms with Crippen molar-refractivity contribution in [3.8, 4) is 5.75 Å². The van der Waals surface area contributed by atoms with Crippen LogP contribution < -0.4 is 4.43 Å². The first-order chi connectivity index (χ1) is 6.38. The lowest BCUT2D eigenvalue weighted by atomic mass is 10.1. The molecule has 0 spiro atoms. The number of hydrogen-bond acceptors (Lipinski definition) is 2. The van der Waals surface area contributed by atoms with Crippen LogP contribution in [0.3, 0.4) is 0 Å². The van der Waals surface area contributed by atoms with Crippen molar-refractivity contribution in [3.63, 3.8) is 0 Å². The predicted octanol–water partition coefficient (Wildman–Crippen LogP) is 2.95. The minimum atomic E-state index is -1.54. The highest BCUT2D eigenvalue weighted by Crippen LogP contribution is 2.21. The molecule has 1 rings (SSSR count). The van der Waals surface area contributed by atoms with E-state index in [1.54, 1.807) is 6.92 Å². The Hall–Kier alpha value is -0.803. The zero-order chi connectivity index (χ0) is 10.8. The number of benzene rings is 1. The highest BCUT2D eigenvalue weighted by Gasteiger charge is 2.16. The van der Waals surface area contributed by atoms with Crippen LogP contribution in [-0.2, 0) is 0 Å². The Bertz CT molecular complexity index is 302. The van der Waals surface area contributed by atoms with Crippen LogP contribution in [0.4, 0.5) is 0 Å². The molecular formula is C11H18O2Si. The van der Waals surface area contributed by atoms with Crippen LogP contribution in [0.1, 0.15) is 18.6 Å².